The second-order valence-corrected chi connectivity index (χ2v) is 5.33. The largest absolute Gasteiger partial charge is 0.416 e. The number of aromatic nitrogens is 1. The van der Waals surface area contributed by atoms with Crippen molar-refractivity contribution in [2.45, 2.75) is 19.1 Å². The van der Waals surface area contributed by atoms with Crippen molar-refractivity contribution >= 4 is 11.3 Å². The molecule has 0 bridgehead atoms. The maximum absolute atomic E-state index is 12.6. The molecule has 0 aliphatic rings. The van der Waals surface area contributed by atoms with Gasteiger partial charge >= 0.3 is 6.18 Å². The van der Waals surface area contributed by atoms with E-state index in [1.807, 2.05) is 7.05 Å². The van der Waals surface area contributed by atoms with Crippen LogP contribution >= 0.6 is 11.3 Å². The second kappa shape index (κ2) is 5.71. The molecule has 1 aromatic carbocycles. The minimum atomic E-state index is -4.30. The molecule has 0 aliphatic carbocycles. The summed E-state index contributed by atoms with van der Waals surface area (Å²) in [4.78, 5) is 5.29. The molecular weight excluding hydrogens is 273 g/mol. The Morgan fingerprint density at radius 3 is 2.79 bits per heavy atom. The van der Waals surface area contributed by atoms with Crippen LogP contribution in [0.1, 0.15) is 21.0 Å². The summed E-state index contributed by atoms with van der Waals surface area (Å²) < 4.78 is 37.8. The third kappa shape index (κ3) is 3.78. The molecule has 0 saturated heterocycles. The summed E-state index contributed by atoms with van der Waals surface area (Å²) in [6.45, 7) is 0.722. The zero-order valence-electron chi connectivity index (χ0n) is 10.3. The number of hydrogen-bond acceptors (Lipinski definition) is 3. The first kappa shape index (κ1) is 14.0. The van der Waals surface area contributed by atoms with Gasteiger partial charge in [-0.3, -0.25) is 0 Å². The highest BCUT2D eigenvalue weighted by atomic mass is 32.1. The predicted molar refractivity (Wildman–Crippen MR) is 69.1 cm³/mol. The van der Waals surface area contributed by atoms with Crippen LogP contribution in [0, 0.1) is 0 Å². The van der Waals surface area contributed by atoms with Crippen molar-refractivity contribution in [3.05, 3.63) is 51.5 Å². The van der Waals surface area contributed by atoms with Crippen molar-refractivity contribution in [1.29, 1.82) is 0 Å². The summed E-state index contributed by atoms with van der Waals surface area (Å²) in [5.41, 5.74) is 0.0113. The molecule has 2 aromatic rings. The SMILES string of the molecule is CNCc1cnc(Cc2cccc(C(F)(F)F)c2)s1. The number of nitrogens with one attached hydrogen (secondary N) is 1. The lowest BCUT2D eigenvalue weighted by Crippen LogP contribution is -2.05. The quantitative estimate of drug-likeness (QED) is 0.931. The Bertz CT molecular complexity index is 549. The van der Waals surface area contributed by atoms with Crippen molar-refractivity contribution in [3.63, 3.8) is 0 Å². The number of alkyl halides is 3. The van der Waals surface area contributed by atoms with Gasteiger partial charge in [0.2, 0.25) is 0 Å². The minimum Gasteiger partial charge on any atom is -0.315 e. The first-order valence-electron chi connectivity index (χ1n) is 5.73. The molecule has 1 aromatic heterocycles. The summed E-state index contributed by atoms with van der Waals surface area (Å²) in [7, 11) is 1.84. The molecular formula is C13H13F3N2S. The number of rotatable bonds is 4. The molecule has 1 heterocycles. The monoisotopic (exact) mass is 286 g/mol. The van der Waals surface area contributed by atoms with Gasteiger partial charge < -0.3 is 5.32 Å². The molecule has 0 atom stereocenters. The highest BCUT2D eigenvalue weighted by molar-refractivity contribution is 7.11. The zero-order chi connectivity index (χ0) is 13.9. The molecule has 1 N–H and O–H groups in total. The third-order valence-corrected chi connectivity index (χ3v) is 3.56. The molecule has 19 heavy (non-hydrogen) atoms. The van der Waals surface area contributed by atoms with Gasteiger partial charge in [0.05, 0.1) is 10.6 Å². The van der Waals surface area contributed by atoms with Gasteiger partial charge in [-0.05, 0) is 18.7 Å². The van der Waals surface area contributed by atoms with Gasteiger partial charge in [0.25, 0.3) is 0 Å². The number of hydrogen-bond donors (Lipinski definition) is 1. The molecule has 0 saturated carbocycles. The topological polar surface area (TPSA) is 24.9 Å². The van der Waals surface area contributed by atoms with Gasteiger partial charge in [-0.25, -0.2) is 4.98 Å². The standard InChI is InChI=1S/C13H13F3N2S/c1-17-7-11-8-18-12(19-11)6-9-3-2-4-10(5-9)13(14,15)16/h2-5,8,17H,6-7H2,1H3. The zero-order valence-corrected chi connectivity index (χ0v) is 11.1. The van der Waals surface area contributed by atoms with E-state index in [2.05, 4.69) is 10.3 Å². The van der Waals surface area contributed by atoms with Gasteiger partial charge in [-0.15, -0.1) is 11.3 Å². The number of nitrogens with zero attached hydrogens (tertiary/aromatic N) is 1. The molecule has 0 radical (unpaired) electrons. The summed E-state index contributed by atoms with van der Waals surface area (Å²) in [5.74, 6) is 0. The average Bonchev–Trinajstić information content (AvgIpc) is 2.76. The van der Waals surface area contributed by atoms with Crippen molar-refractivity contribution in [2.75, 3.05) is 7.05 Å². The molecule has 6 heteroatoms. The second-order valence-electron chi connectivity index (χ2n) is 4.13. The van der Waals surface area contributed by atoms with E-state index in [4.69, 9.17) is 0 Å². The lowest BCUT2D eigenvalue weighted by Gasteiger charge is -2.07. The Morgan fingerprint density at radius 2 is 2.11 bits per heavy atom. The van der Waals surface area contributed by atoms with Crippen LogP contribution in [0.4, 0.5) is 13.2 Å². The van der Waals surface area contributed by atoms with Gasteiger partial charge in [0, 0.05) is 24.0 Å². The van der Waals surface area contributed by atoms with Crippen molar-refractivity contribution in [3.8, 4) is 0 Å². The van der Waals surface area contributed by atoms with Crippen LogP contribution in [0.25, 0.3) is 0 Å². The van der Waals surface area contributed by atoms with Crippen molar-refractivity contribution in [1.82, 2.24) is 10.3 Å². The Hall–Kier alpha value is -1.40. The average molecular weight is 286 g/mol. The normalized spacial score (nSPS) is 11.8. The Balaban J connectivity index is 2.14. The van der Waals surface area contributed by atoms with Crippen LogP contribution in [-0.2, 0) is 19.1 Å². The molecule has 2 rings (SSSR count). The Kier molecular flexibility index (Phi) is 4.21. The van der Waals surface area contributed by atoms with E-state index in [-0.39, 0.29) is 0 Å². The summed E-state index contributed by atoms with van der Waals surface area (Å²) in [5, 5.41) is 3.84. The van der Waals surface area contributed by atoms with E-state index in [1.165, 1.54) is 23.5 Å². The minimum absolute atomic E-state index is 0.429. The molecule has 0 aliphatic heterocycles. The Labute approximate surface area is 113 Å². The first-order valence-corrected chi connectivity index (χ1v) is 6.55. The van der Waals surface area contributed by atoms with Gasteiger partial charge in [-0.1, -0.05) is 18.2 Å². The lowest BCUT2D eigenvalue weighted by molar-refractivity contribution is -0.137. The molecule has 0 amide bonds. The fourth-order valence-electron chi connectivity index (χ4n) is 1.72. The fraction of sp³-hybridized carbons (Fsp3) is 0.308. The number of benzene rings is 1. The van der Waals surface area contributed by atoms with Crippen LogP contribution in [0.3, 0.4) is 0 Å². The van der Waals surface area contributed by atoms with E-state index >= 15 is 0 Å². The predicted octanol–water partition coefficient (Wildman–Crippen LogP) is 3.47. The van der Waals surface area contributed by atoms with Gasteiger partial charge in [-0.2, -0.15) is 13.2 Å². The highest BCUT2D eigenvalue weighted by Crippen LogP contribution is 2.30. The van der Waals surface area contributed by atoms with E-state index in [0.29, 0.717) is 12.0 Å². The van der Waals surface area contributed by atoms with Gasteiger partial charge in [0.15, 0.2) is 0 Å². The Morgan fingerprint density at radius 1 is 1.32 bits per heavy atom. The molecule has 0 fully saturated rings. The highest BCUT2D eigenvalue weighted by Gasteiger charge is 2.30. The molecule has 2 nitrogen and oxygen atoms in total. The molecule has 102 valence electrons. The summed E-state index contributed by atoms with van der Waals surface area (Å²) >= 11 is 1.51. The maximum atomic E-state index is 12.6. The maximum Gasteiger partial charge on any atom is 0.416 e. The molecule has 0 unspecified atom stereocenters. The van der Waals surface area contributed by atoms with Gasteiger partial charge in [0.1, 0.15) is 0 Å². The van der Waals surface area contributed by atoms with Crippen molar-refractivity contribution < 1.29 is 13.2 Å². The van der Waals surface area contributed by atoms with Crippen LogP contribution in [-0.4, -0.2) is 12.0 Å². The summed E-state index contributed by atoms with van der Waals surface area (Å²) in [6, 6.07) is 5.38. The van der Waals surface area contributed by atoms with Crippen LogP contribution in [0.5, 0.6) is 0 Å². The third-order valence-electron chi connectivity index (χ3n) is 2.56. The lowest BCUT2D eigenvalue weighted by atomic mass is 10.1. The van der Waals surface area contributed by atoms with Crippen LogP contribution in [0.15, 0.2) is 30.5 Å². The number of halogens is 3. The van der Waals surface area contributed by atoms with Crippen LogP contribution in [0.2, 0.25) is 0 Å². The van der Waals surface area contributed by atoms with E-state index in [9.17, 15) is 13.2 Å². The smallest absolute Gasteiger partial charge is 0.315 e. The fourth-order valence-corrected chi connectivity index (χ4v) is 2.69. The van der Waals surface area contributed by atoms with Crippen LogP contribution < -0.4 is 5.32 Å². The van der Waals surface area contributed by atoms with E-state index in [0.717, 1.165) is 22.5 Å². The first-order chi connectivity index (χ1) is 8.99. The van der Waals surface area contributed by atoms with Crippen molar-refractivity contribution in [2.24, 2.45) is 0 Å². The number of thiazole rings is 1. The van der Waals surface area contributed by atoms with E-state index in [1.54, 1.807) is 12.3 Å². The van der Waals surface area contributed by atoms with E-state index < -0.39 is 11.7 Å². The summed E-state index contributed by atoms with van der Waals surface area (Å²) in [6.07, 6.45) is -2.11. The molecule has 0 spiro atoms.